The van der Waals surface area contributed by atoms with Crippen LogP contribution in [0.3, 0.4) is 0 Å². The second kappa shape index (κ2) is 7.88. The highest BCUT2D eigenvalue weighted by Gasteiger charge is 2.30. The van der Waals surface area contributed by atoms with E-state index in [1.807, 2.05) is 37.3 Å². The number of oxazole rings is 1. The van der Waals surface area contributed by atoms with Crippen molar-refractivity contribution >= 4 is 21.6 Å². The lowest BCUT2D eigenvalue weighted by Crippen LogP contribution is -2.04. The maximum absolute atomic E-state index is 13.3. The fraction of sp³-hybridized carbons (Fsp3) is 0.0952. The third kappa shape index (κ3) is 3.99. The van der Waals surface area contributed by atoms with Crippen LogP contribution in [0, 0.1) is 5.82 Å². The van der Waals surface area contributed by atoms with E-state index in [4.69, 9.17) is 8.83 Å². The second-order valence-electron chi connectivity index (χ2n) is 6.22. The third-order valence-corrected chi connectivity index (χ3v) is 7.15. The average molecular weight is 429 g/mol. The zero-order valence-corrected chi connectivity index (χ0v) is 16.9. The Balaban J connectivity index is 1.78. The lowest BCUT2D eigenvalue weighted by Gasteiger charge is -2.10. The molecule has 0 N–H and O–H groups in total. The molecule has 0 aliphatic heterocycles. The number of hydrogen-bond acceptors (Lipinski definition) is 6. The first-order valence-electron chi connectivity index (χ1n) is 8.72. The number of nitrogens with zero attached hydrogens (tertiary/aromatic N) is 1. The molecular formula is C21H16FNO4S2. The van der Waals surface area contributed by atoms with Crippen LogP contribution in [0.25, 0.3) is 11.7 Å². The van der Waals surface area contributed by atoms with E-state index in [0.29, 0.717) is 5.76 Å². The van der Waals surface area contributed by atoms with Gasteiger partial charge in [-0.2, -0.15) is 4.98 Å². The van der Waals surface area contributed by atoms with E-state index in [1.54, 1.807) is 12.1 Å². The van der Waals surface area contributed by atoms with Crippen molar-refractivity contribution in [2.45, 2.75) is 27.2 Å². The summed E-state index contributed by atoms with van der Waals surface area (Å²) in [5, 5.41) is -0.156. The first kappa shape index (κ1) is 19.5. The van der Waals surface area contributed by atoms with Gasteiger partial charge in [-0.05, 0) is 48.9 Å². The van der Waals surface area contributed by atoms with Gasteiger partial charge in [0, 0.05) is 5.25 Å². The van der Waals surface area contributed by atoms with Gasteiger partial charge in [0.05, 0.1) is 11.2 Å². The van der Waals surface area contributed by atoms with E-state index in [0.717, 1.165) is 17.7 Å². The maximum Gasteiger partial charge on any atom is 0.265 e. The van der Waals surface area contributed by atoms with E-state index >= 15 is 0 Å². The molecule has 2 heterocycles. The molecule has 0 saturated carbocycles. The largest absolute Gasteiger partial charge is 0.459 e. The predicted molar refractivity (Wildman–Crippen MR) is 107 cm³/mol. The summed E-state index contributed by atoms with van der Waals surface area (Å²) in [5.41, 5.74) is 1.01. The molecule has 0 aliphatic carbocycles. The molecule has 0 spiro atoms. The van der Waals surface area contributed by atoms with Gasteiger partial charge in [-0.15, -0.1) is 0 Å². The molecule has 2 aromatic heterocycles. The molecule has 0 unspecified atom stereocenters. The van der Waals surface area contributed by atoms with Crippen LogP contribution in [0.4, 0.5) is 4.39 Å². The minimum absolute atomic E-state index is 0.0626. The maximum atomic E-state index is 13.3. The quantitative estimate of drug-likeness (QED) is 0.287. The molecule has 1 atom stereocenters. The molecule has 8 heteroatoms. The molecule has 148 valence electrons. The highest BCUT2D eigenvalue weighted by molar-refractivity contribution is 8.00. The molecule has 5 nitrogen and oxygen atoms in total. The summed E-state index contributed by atoms with van der Waals surface area (Å²) in [6.45, 7) is 1.95. The lowest BCUT2D eigenvalue weighted by molar-refractivity contribution is 0.450. The van der Waals surface area contributed by atoms with Crippen LogP contribution in [0.2, 0.25) is 0 Å². The molecule has 2 aromatic carbocycles. The van der Waals surface area contributed by atoms with Gasteiger partial charge in [-0.25, -0.2) is 12.8 Å². The first-order valence-corrected chi connectivity index (χ1v) is 11.1. The second-order valence-corrected chi connectivity index (χ2v) is 9.40. The molecule has 29 heavy (non-hydrogen) atoms. The van der Waals surface area contributed by atoms with Gasteiger partial charge < -0.3 is 8.83 Å². The Hall–Kier alpha value is -2.84. The van der Waals surface area contributed by atoms with E-state index < -0.39 is 15.7 Å². The zero-order valence-electron chi connectivity index (χ0n) is 15.3. The number of benzene rings is 2. The normalized spacial score (nSPS) is 12.8. The summed E-state index contributed by atoms with van der Waals surface area (Å²) in [5.74, 6) is -0.133. The molecular weight excluding hydrogens is 413 g/mol. The molecule has 4 rings (SSSR count). The molecule has 0 radical (unpaired) electrons. The number of rotatable bonds is 6. The minimum Gasteiger partial charge on any atom is -0.459 e. The van der Waals surface area contributed by atoms with Gasteiger partial charge in [0.15, 0.2) is 5.76 Å². The van der Waals surface area contributed by atoms with Gasteiger partial charge in [0.25, 0.3) is 5.89 Å². The molecule has 0 amide bonds. The van der Waals surface area contributed by atoms with Gasteiger partial charge >= 0.3 is 0 Å². The Morgan fingerprint density at radius 3 is 2.38 bits per heavy atom. The van der Waals surface area contributed by atoms with Crippen LogP contribution in [0.1, 0.15) is 17.7 Å². The van der Waals surface area contributed by atoms with Gasteiger partial charge in [-0.1, -0.05) is 42.1 Å². The predicted octanol–water partition coefficient (Wildman–Crippen LogP) is 5.76. The molecule has 0 fully saturated rings. The standard InChI is InChI=1S/C21H16FNO4S2/c1-14(15-6-3-2-4-7-15)28-21-20(23-19(27-21)18-8-5-13-26-18)29(24,25)17-11-9-16(22)10-12-17/h2-14H,1H3/t14-/m1/s1. The third-order valence-electron chi connectivity index (χ3n) is 4.23. The molecule has 0 bridgehead atoms. The topological polar surface area (TPSA) is 73.3 Å². The van der Waals surface area contributed by atoms with Crippen LogP contribution in [0.5, 0.6) is 0 Å². The summed E-state index contributed by atoms with van der Waals surface area (Å²) in [6.07, 6.45) is 1.45. The fourth-order valence-electron chi connectivity index (χ4n) is 2.72. The molecule has 0 aliphatic rings. The smallest absolute Gasteiger partial charge is 0.265 e. The van der Waals surface area contributed by atoms with Crippen molar-refractivity contribution in [2.75, 3.05) is 0 Å². The van der Waals surface area contributed by atoms with Gasteiger partial charge in [-0.3, -0.25) is 0 Å². The van der Waals surface area contributed by atoms with Gasteiger partial charge in [0.1, 0.15) is 5.82 Å². The highest BCUT2D eigenvalue weighted by Crippen LogP contribution is 2.41. The summed E-state index contributed by atoms with van der Waals surface area (Å²) in [6, 6.07) is 17.6. The van der Waals surface area contributed by atoms with Crippen molar-refractivity contribution in [3.8, 4) is 11.7 Å². The van der Waals surface area contributed by atoms with Crippen LogP contribution >= 0.6 is 11.8 Å². The number of aromatic nitrogens is 1. The van der Waals surface area contributed by atoms with Crippen LogP contribution in [0.15, 0.2) is 96.8 Å². The van der Waals surface area contributed by atoms with Crippen molar-refractivity contribution in [1.82, 2.24) is 4.98 Å². The van der Waals surface area contributed by atoms with Crippen LogP contribution in [-0.4, -0.2) is 13.4 Å². The first-order chi connectivity index (χ1) is 13.9. The highest BCUT2D eigenvalue weighted by atomic mass is 32.2. The summed E-state index contributed by atoms with van der Waals surface area (Å²) in [7, 11) is -4.02. The van der Waals surface area contributed by atoms with Crippen molar-refractivity contribution in [1.29, 1.82) is 0 Å². The average Bonchev–Trinajstić information content (AvgIpc) is 3.39. The number of thioether (sulfide) groups is 1. The van der Waals surface area contributed by atoms with Crippen molar-refractivity contribution < 1.29 is 21.6 Å². The number of furan rings is 1. The van der Waals surface area contributed by atoms with E-state index in [-0.39, 0.29) is 26.2 Å². The molecule has 0 saturated heterocycles. The van der Waals surface area contributed by atoms with Crippen LogP contribution < -0.4 is 0 Å². The van der Waals surface area contributed by atoms with Crippen LogP contribution in [-0.2, 0) is 9.84 Å². The number of hydrogen-bond donors (Lipinski definition) is 0. The number of halogens is 1. The minimum atomic E-state index is -4.02. The van der Waals surface area contributed by atoms with E-state index in [9.17, 15) is 12.8 Å². The fourth-order valence-corrected chi connectivity index (χ4v) is 5.26. The monoisotopic (exact) mass is 429 g/mol. The Morgan fingerprint density at radius 2 is 1.72 bits per heavy atom. The SMILES string of the molecule is C[C@@H](Sc1oc(-c2ccco2)nc1S(=O)(=O)c1ccc(F)cc1)c1ccccc1. The van der Waals surface area contributed by atoms with Crippen molar-refractivity contribution in [3.05, 3.63) is 84.4 Å². The Kier molecular flexibility index (Phi) is 5.29. The lowest BCUT2D eigenvalue weighted by atomic mass is 10.2. The van der Waals surface area contributed by atoms with Gasteiger partial charge in [0.2, 0.25) is 20.0 Å². The van der Waals surface area contributed by atoms with E-state index in [2.05, 4.69) is 4.98 Å². The number of sulfone groups is 1. The van der Waals surface area contributed by atoms with E-state index in [1.165, 1.54) is 30.2 Å². The Morgan fingerprint density at radius 1 is 1.00 bits per heavy atom. The molecule has 4 aromatic rings. The Bertz CT molecular complexity index is 1200. The summed E-state index contributed by atoms with van der Waals surface area (Å²) >= 11 is 1.24. The summed E-state index contributed by atoms with van der Waals surface area (Å²) in [4.78, 5) is 4.14. The summed E-state index contributed by atoms with van der Waals surface area (Å²) < 4.78 is 50.7. The zero-order chi connectivity index (χ0) is 20.4. The Labute approximate surface area is 171 Å². The van der Waals surface area contributed by atoms with Crippen molar-refractivity contribution in [3.63, 3.8) is 0 Å². The van der Waals surface area contributed by atoms with Crippen molar-refractivity contribution in [2.24, 2.45) is 0 Å².